The van der Waals surface area contributed by atoms with Gasteiger partial charge >= 0.3 is 59.1 Å². The Kier molecular flexibility index (Phi) is 20.2. The van der Waals surface area contributed by atoms with Gasteiger partial charge in [0.1, 0.15) is 18.5 Å². The molecule has 0 heterocycles. The predicted molar refractivity (Wildman–Crippen MR) is 109 cm³/mol. The Balaban J connectivity index is 0. The van der Waals surface area contributed by atoms with Crippen LogP contribution in [-0.4, -0.2) is 72.6 Å². The second-order valence-electron chi connectivity index (χ2n) is 7.78. The maximum Gasteiger partial charge on any atom is 1.00 e. The number of ether oxygens (including phenoxy) is 3. The van der Waals surface area contributed by atoms with E-state index in [0.717, 1.165) is 5.56 Å². The van der Waals surface area contributed by atoms with Gasteiger partial charge in [0.05, 0.1) is 37.9 Å². The molecule has 0 amide bonds. The molecular weight excluding hydrogens is 452 g/mol. The predicted octanol–water partition coefficient (Wildman–Crippen LogP) is -6.66. The number of aliphatic hydroxyl groups excluding tert-OH is 1. The van der Waals surface area contributed by atoms with E-state index in [0.29, 0.717) is 25.6 Å². The van der Waals surface area contributed by atoms with E-state index in [9.17, 15) is 24.9 Å². The van der Waals surface area contributed by atoms with Crippen molar-refractivity contribution in [2.45, 2.75) is 65.0 Å². The van der Waals surface area contributed by atoms with Crippen molar-refractivity contribution >= 4 is 11.9 Å². The Labute approximate surface area is 240 Å². The zero-order chi connectivity index (χ0) is 23.4. The van der Waals surface area contributed by atoms with Crippen molar-refractivity contribution in [2.75, 3.05) is 26.4 Å². The molecule has 0 aromatic heterocycles. The van der Waals surface area contributed by atoms with Gasteiger partial charge in [-0.2, -0.15) is 0 Å². The van der Waals surface area contributed by atoms with Gasteiger partial charge in [-0.25, -0.2) is 0 Å². The fraction of sp³-hybridized carbons (Fsp3) is 0.636. The molecule has 1 aromatic carbocycles. The zero-order valence-corrected chi connectivity index (χ0v) is 24.6. The third kappa shape index (κ3) is 15.4. The van der Waals surface area contributed by atoms with E-state index in [1.807, 2.05) is 26.0 Å². The summed E-state index contributed by atoms with van der Waals surface area (Å²) >= 11 is 0. The molecule has 1 aromatic rings. The first-order chi connectivity index (χ1) is 14.6. The van der Waals surface area contributed by atoms with Crippen LogP contribution in [0.1, 0.15) is 39.7 Å². The second kappa shape index (κ2) is 19.0. The van der Waals surface area contributed by atoms with Crippen LogP contribution < -0.4 is 74.1 Å². The van der Waals surface area contributed by atoms with Crippen molar-refractivity contribution in [1.29, 1.82) is 0 Å². The fourth-order valence-corrected chi connectivity index (χ4v) is 2.89. The van der Waals surface area contributed by atoms with Gasteiger partial charge in [-0.3, -0.25) is 4.90 Å². The summed E-state index contributed by atoms with van der Waals surface area (Å²) in [5, 5.41) is 32.5. The molecule has 1 N–H and O–H groups in total. The van der Waals surface area contributed by atoms with Crippen molar-refractivity contribution in [3.8, 4) is 5.75 Å². The van der Waals surface area contributed by atoms with E-state index in [1.54, 1.807) is 26.0 Å². The van der Waals surface area contributed by atoms with Crippen LogP contribution in [0.25, 0.3) is 0 Å². The Hall–Kier alpha value is -0.200. The number of benzene rings is 1. The first kappa shape index (κ1) is 35.0. The van der Waals surface area contributed by atoms with Gasteiger partial charge in [-0.1, -0.05) is 12.1 Å². The van der Waals surface area contributed by atoms with Gasteiger partial charge in [0, 0.05) is 25.0 Å². The minimum absolute atomic E-state index is 0. The molecule has 0 bridgehead atoms. The summed E-state index contributed by atoms with van der Waals surface area (Å²) in [7, 11) is 0. The number of carboxylic acids is 2. The Morgan fingerprint density at radius 3 is 2.12 bits per heavy atom. The van der Waals surface area contributed by atoms with Crippen molar-refractivity contribution in [3.63, 3.8) is 0 Å². The molecule has 0 aliphatic rings. The number of nitrogens with zero attached hydrogens (tertiary/aromatic N) is 1. The van der Waals surface area contributed by atoms with Crippen molar-refractivity contribution in [1.82, 2.24) is 4.90 Å². The number of hydrogen-bond acceptors (Lipinski definition) is 9. The molecule has 1 rings (SSSR count). The largest absolute Gasteiger partial charge is 1.00 e. The SMILES string of the molecule is CC(C)OCCOCc1ccc(OCC(O)CN(C(C)C)C(CC(=O)[O-])C(=O)[O-])cc1.[Na+].[Na+]. The molecule has 176 valence electrons. The van der Waals surface area contributed by atoms with E-state index in [4.69, 9.17) is 14.2 Å². The normalized spacial score (nSPS) is 12.7. The maximum atomic E-state index is 11.3. The average Bonchev–Trinajstić information content (AvgIpc) is 2.68. The molecule has 2 unspecified atom stereocenters. The maximum absolute atomic E-state index is 11.3. The molecule has 0 saturated carbocycles. The summed E-state index contributed by atoms with van der Waals surface area (Å²) in [6.45, 7) is 8.63. The standard InChI is InChI=1S/C22H35NO8.2Na/c1-15(2)23(20(22(27)28)11-21(25)26)12-18(24)14-31-19-7-5-17(6-8-19)13-29-9-10-30-16(3)4;;/h5-8,15-16,18,20,24H,9-14H2,1-4H3,(H,25,26)(H,27,28);;/q;2*+1/p-2. The molecule has 11 heteroatoms. The van der Waals surface area contributed by atoms with Crippen LogP contribution in [0.5, 0.6) is 5.75 Å². The molecular formula is C22H33NNa2O8. The van der Waals surface area contributed by atoms with E-state index in [2.05, 4.69) is 0 Å². The minimum atomic E-state index is -1.53. The number of carbonyl (C=O) groups is 2. The molecule has 9 nitrogen and oxygen atoms in total. The number of rotatable bonds is 16. The van der Waals surface area contributed by atoms with Crippen molar-refractivity contribution < 1.29 is 98.2 Å². The molecule has 0 aliphatic heterocycles. The molecule has 0 fully saturated rings. The molecule has 0 spiro atoms. The van der Waals surface area contributed by atoms with E-state index in [1.165, 1.54) is 4.90 Å². The quantitative estimate of drug-likeness (QED) is 0.179. The van der Waals surface area contributed by atoms with Crippen molar-refractivity contribution in [3.05, 3.63) is 29.8 Å². The van der Waals surface area contributed by atoms with Crippen molar-refractivity contribution in [2.24, 2.45) is 0 Å². The van der Waals surface area contributed by atoms with Gasteiger partial charge in [-0.05, 0) is 45.4 Å². The monoisotopic (exact) mass is 485 g/mol. The first-order valence-corrected chi connectivity index (χ1v) is 10.4. The summed E-state index contributed by atoms with van der Waals surface area (Å²) in [6, 6.07) is 5.45. The van der Waals surface area contributed by atoms with E-state index >= 15 is 0 Å². The summed E-state index contributed by atoms with van der Waals surface area (Å²) < 4.78 is 16.5. The molecule has 0 radical (unpaired) electrons. The van der Waals surface area contributed by atoms with Crippen LogP contribution in [0.15, 0.2) is 24.3 Å². The third-order valence-electron chi connectivity index (χ3n) is 4.43. The fourth-order valence-electron chi connectivity index (χ4n) is 2.89. The molecule has 2 atom stereocenters. The molecule has 0 saturated heterocycles. The van der Waals surface area contributed by atoms with Gasteiger partial charge in [0.15, 0.2) is 0 Å². The van der Waals surface area contributed by atoms with Crippen LogP contribution in [-0.2, 0) is 25.7 Å². The van der Waals surface area contributed by atoms with Crippen LogP contribution in [0.2, 0.25) is 0 Å². The van der Waals surface area contributed by atoms with Gasteiger partial charge in [0.25, 0.3) is 0 Å². The number of aliphatic hydroxyl groups is 1. The van der Waals surface area contributed by atoms with E-state index in [-0.39, 0.29) is 84.4 Å². The van der Waals surface area contributed by atoms with Crippen LogP contribution in [0.4, 0.5) is 0 Å². The minimum Gasteiger partial charge on any atom is -0.550 e. The van der Waals surface area contributed by atoms with Gasteiger partial charge < -0.3 is 39.1 Å². The molecule has 33 heavy (non-hydrogen) atoms. The van der Waals surface area contributed by atoms with E-state index < -0.39 is 30.5 Å². The Morgan fingerprint density at radius 1 is 1.03 bits per heavy atom. The second-order valence-corrected chi connectivity index (χ2v) is 7.78. The van der Waals surface area contributed by atoms with Gasteiger partial charge in [-0.15, -0.1) is 0 Å². The van der Waals surface area contributed by atoms with Crippen LogP contribution in [0, 0.1) is 0 Å². The number of carbonyl (C=O) groups excluding carboxylic acids is 2. The Bertz CT molecular complexity index is 673. The smallest absolute Gasteiger partial charge is 0.550 e. The third-order valence-corrected chi connectivity index (χ3v) is 4.43. The zero-order valence-electron chi connectivity index (χ0n) is 20.6. The first-order valence-electron chi connectivity index (χ1n) is 10.4. The van der Waals surface area contributed by atoms with Crippen LogP contribution in [0.3, 0.4) is 0 Å². The summed E-state index contributed by atoms with van der Waals surface area (Å²) in [5.74, 6) is -2.49. The number of carboxylic acid groups (broad SMARTS) is 2. The van der Waals surface area contributed by atoms with Crippen LogP contribution >= 0.6 is 0 Å². The summed E-state index contributed by atoms with van der Waals surface area (Å²) in [6.07, 6.45) is -1.58. The summed E-state index contributed by atoms with van der Waals surface area (Å²) in [4.78, 5) is 23.5. The number of aliphatic carboxylic acids is 2. The van der Waals surface area contributed by atoms with Gasteiger partial charge in [0.2, 0.25) is 0 Å². The Morgan fingerprint density at radius 2 is 1.64 bits per heavy atom. The summed E-state index contributed by atoms with van der Waals surface area (Å²) in [5.41, 5.74) is 0.961. The number of hydrogen-bond donors (Lipinski definition) is 1. The molecule has 0 aliphatic carbocycles. The average molecular weight is 485 g/mol. The topological polar surface area (TPSA) is 131 Å².